The zero-order valence-electron chi connectivity index (χ0n) is 15.8. The van der Waals surface area contributed by atoms with Crippen molar-refractivity contribution in [3.05, 3.63) is 59.2 Å². The molecule has 0 bridgehead atoms. The average Bonchev–Trinajstić information content (AvgIpc) is 3.34. The summed E-state index contributed by atoms with van der Waals surface area (Å²) in [7, 11) is 3.25. The number of benzene rings is 2. The molecule has 1 aromatic heterocycles. The van der Waals surface area contributed by atoms with Crippen LogP contribution in [0.3, 0.4) is 0 Å². The lowest BCUT2D eigenvalue weighted by atomic mass is 10.0. The van der Waals surface area contributed by atoms with Gasteiger partial charge in [-0.1, -0.05) is 6.07 Å². The molecule has 0 unspecified atom stereocenters. The third kappa shape index (κ3) is 3.45. The van der Waals surface area contributed by atoms with E-state index in [0.29, 0.717) is 11.5 Å². The summed E-state index contributed by atoms with van der Waals surface area (Å²) in [5.41, 5.74) is 3.81. The number of aromatic nitrogens is 1. The molecule has 0 radical (unpaired) electrons. The van der Waals surface area contributed by atoms with E-state index in [1.807, 2.05) is 35.5 Å². The maximum absolute atomic E-state index is 13.2. The highest BCUT2D eigenvalue weighted by Crippen LogP contribution is 2.40. The molecular weight excluding hydrogens is 377 g/mol. The van der Waals surface area contributed by atoms with Crippen LogP contribution in [0, 0.1) is 5.82 Å². The standard InChI is InChI=1S/C21H20FN3O2S/c1-13-10-18(15-6-9-19(26-2)20(11-15)27-3)25(24-13)21-23-17(12-28-21)14-4-7-16(22)8-5-14/h4-9,11-12,18H,10H2,1-3H3/t18-/m0/s1. The molecule has 1 aliphatic heterocycles. The Morgan fingerprint density at radius 2 is 1.82 bits per heavy atom. The number of thiazole rings is 1. The quantitative estimate of drug-likeness (QED) is 0.587. The SMILES string of the molecule is COc1ccc([C@@H]2CC(C)=NN2c2nc(-c3ccc(F)cc3)cs2)cc1OC. The van der Waals surface area contributed by atoms with Gasteiger partial charge in [-0.25, -0.2) is 14.4 Å². The van der Waals surface area contributed by atoms with Gasteiger partial charge < -0.3 is 9.47 Å². The molecule has 3 aromatic rings. The molecule has 7 heteroatoms. The van der Waals surface area contributed by atoms with Crippen molar-refractivity contribution in [1.82, 2.24) is 4.98 Å². The highest BCUT2D eigenvalue weighted by molar-refractivity contribution is 7.14. The number of methoxy groups -OCH3 is 2. The Hall–Kier alpha value is -2.93. The normalized spacial score (nSPS) is 16.2. The predicted molar refractivity (Wildman–Crippen MR) is 110 cm³/mol. The molecule has 0 N–H and O–H groups in total. The number of nitrogens with zero attached hydrogens (tertiary/aromatic N) is 3. The van der Waals surface area contributed by atoms with E-state index in [4.69, 9.17) is 19.6 Å². The van der Waals surface area contributed by atoms with Gasteiger partial charge in [-0.3, -0.25) is 0 Å². The summed E-state index contributed by atoms with van der Waals surface area (Å²) >= 11 is 1.52. The first-order valence-corrected chi connectivity index (χ1v) is 9.73. The summed E-state index contributed by atoms with van der Waals surface area (Å²) in [6.45, 7) is 2.02. The summed E-state index contributed by atoms with van der Waals surface area (Å²) in [5.74, 6) is 1.13. The number of anilines is 1. The average molecular weight is 397 g/mol. The number of ether oxygens (including phenoxy) is 2. The maximum atomic E-state index is 13.2. The van der Waals surface area contributed by atoms with Gasteiger partial charge in [0.25, 0.3) is 0 Å². The number of rotatable bonds is 5. The lowest BCUT2D eigenvalue weighted by Gasteiger charge is -2.22. The minimum Gasteiger partial charge on any atom is -0.493 e. The van der Waals surface area contributed by atoms with E-state index in [-0.39, 0.29) is 11.9 Å². The van der Waals surface area contributed by atoms with E-state index in [0.717, 1.165) is 34.1 Å². The summed E-state index contributed by atoms with van der Waals surface area (Å²) < 4.78 is 24.0. The highest BCUT2D eigenvalue weighted by Gasteiger charge is 2.30. The van der Waals surface area contributed by atoms with Gasteiger partial charge in [0.1, 0.15) is 5.82 Å². The van der Waals surface area contributed by atoms with Gasteiger partial charge in [-0.2, -0.15) is 5.10 Å². The molecule has 28 heavy (non-hydrogen) atoms. The topological polar surface area (TPSA) is 47.0 Å². The molecule has 0 saturated heterocycles. The Morgan fingerprint density at radius 3 is 2.54 bits per heavy atom. The molecule has 0 aliphatic carbocycles. The van der Waals surface area contributed by atoms with Crippen LogP contribution in [0.5, 0.6) is 11.5 Å². The number of halogens is 1. The summed E-state index contributed by atoms with van der Waals surface area (Å²) in [4.78, 5) is 4.74. The molecule has 1 atom stereocenters. The Balaban J connectivity index is 1.66. The Bertz CT molecular complexity index is 1020. The fourth-order valence-corrected chi connectivity index (χ4v) is 4.11. The molecule has 4 rings (SSSR count). The van der Waals surface area contributed by atoms with Gasteiger partial charge in [0.2, 0.25) is 5.13 Å². The van der Waals surface area contributed by atoms with Crippen LogP contribution in [0.2, 0.25) is 0 Å². The van der Waals surface area contributed by atoms with Gasteiger partial charge >= 0.3 is 0 Å². The molecule has 2 heterocycles. The van der Waals surface area contributed by atoms with Crippen LogP contribution >= 0.6 is 11.3 Å². The van der Waals surface area contributed by atoms with Crippen LogP contribution in [-0.4, -0.2) is 24.9 Å². The molecular formula is C21H20FN3O2S. The van der Waals surface area contributed by atoms with Crippen molar-refractivity contribution in [2.45, 2.75) is 19.4 Å². The van der Waals surface area contributed by atoms with E-state index in [9.17, 15) is 4.39 Å². The monoisotopic (exact) mass is 397 g/mol. The van der Waals surface area contributed by atoms with Crippen molar-refractivity contribution >= 4 is 22.2 Å². The largest absolute Gasteiger partial charge is 0.493 e. The lowest BCUT2D eigenvalue weighted by molar-refractivity contribution is 0.354. The summed E-state index contributed by atoms with van der Waals surface area (Å²) in [6, 6.07) is 12.3. The minimum absolute atomic E-state index is 0.0343. The number of hydrazone groups is 1. The van der Waals surface area contributed by atoms with Gasteiger partial charge in [0.15, 0.2) is 11.5 Å². The van der Waals surface area contributed by atoms with E-state index in [1.54, 1.807) is 26.4 Å². The van der Waals surface area contributed by atoms with Gasteiger partial charge in [-0.05, 0) is 48.9 Å². The second-order valence-corrected chi connectivity index (χ2v) is 7.37. The van der Waals surface area contributed by atoms with Gasteiger partial charge in [0.05, 0.1) is 26.0 Å². The zero-order valence-corrected chi connectivity index (χ0v) is 16.7. The van der Waals surface area contributed by atoms with Crippen LogP contribution in [0.15, 0.2) is 52.9 Å². The first-order valence-electron chi connectivity index (χ1n) is 8.85. The van der Waals surface area contributed by atoms with Crippen LogP contribution in [0.1, 0.15) is 24.9 Å². The third-order valence-electron chi connectivity index (χ3n) is 4.68. The molecule has 5 nitrogen and oxygen atoms in total. The molecule has 2 aromatic carbocycles. The molecule has 0 amide bonds. The third-order valence-corrected chi connectivity index (χ3v) is 5.51. The maximum Gasteiger partial charge on any atom is 0.207 e. The van der Waals surface area contributed by atoms with E-state index in [2.05, 4.69) is 0 Å². The zero-order chi connectivity index (χ0) is 19.7. The molecule has 0 fully saturated rings. The lowest BCUT2D eigenvalue weighted by Crippen LogP contribution is -2.18. The predicted octanol–water partition coefficient (Wildman–Crippen LogP) is 5.29. The highest BCUT2D eigenvalue weighted by atomic mass is 32.1. The minimum atomic E-state index is -0.257. The summed E-state index contributed by atoms with van der Waals surface area (Å²) in [5, 5.41) is 9.43. The fourth-order valence-electron chi connectivity index (χ4n) is 3.28. The van der Waals surface area contributed by atoms with Crippen LogP contribution in [-0.2, 0) is 0 Å². The van der Waals surface area contributed by atoms with Crippen molar-refractivity contribution in [1.29, 1.82) is 0 Å². The van der Waals surface area contributed by atoms with Crippen LogP contribution in [0.4, 0.5) is 9.52 Å². The smallest absolute Gasteiger partial charge is 0.207 e. The van der Waals surface area contributed by atoms with Crippen molar-refractivity contribution in [3.8, 4) is 22.8 Å². The fraction of sp³-hybridized carbons (Fsp3) is 0.238. The van der Waals surface area contributed by atoms with E-state index >= 15 is 0 Å². The van der Waals surface area contributed by atoms with E-state index < -0.39 is 0 Å². The Kier molecular flexibility index (Phi) is 5.00. The van der Waals surface area contributed by atoms with Crippen LogP contribution in [0.25, 0.3) is 11.3 Å². The Labute approximate surface area is 167 Å². The number of hydrogen-bond acceptors (Lipinski definition) is 6. The van der Waals surface area contributed by atoms with Gasteiger partial charge in [-0.15, -0.1) is 11.3 Å². The second kappa shape index (κ2) is 7.59. The van der Waals surface area contributed by atoms with Crippen molar-refractivity contribution in [2.75, 3.05) is 19.2 Å². The number of hydrogen-bond donors (Lipinski definition) is 0. The second-order valence-electron chi connectivity index (χ2n) is 6.54. The van der Waals surface area contributed by atoms with Crippen molar-refractivity contribution < 1.29 is 13.9 Å². The van der Waals surface area contributed by atoms with Gasteiger partial charge in [0, 0.05) is 23.1 Å². The Morgan fingerprint density at radius 1 is 1.07 bits per heavy atom. The summed E-state index contributed by atoms with van der Waals surface area (Å²) in [6.07, 6.45) is 0.806. The van der Waals surface area contributed by atoms with E-state index in [1.165, 1.54) is 23.5 Å². The van der Waals surface area contributed by atoms with Crippen molar-refractivity contribution in [2.24, 2.45) is 5.10 Å². The molecule has 0 spiro atoms. The van der Waals surface area contributed by atoms with Crippen molar-refractivity contribution in [3.63, 3.8) is 0 Å². The van der Waals surface area contributed by atoms with Crippen LogP contribution < -0.4 is 14.5 Å². The molecule has 144 valence electrons. The molecule has 0 saturated carbocycles. The first kappa shape index (κ1) is 18.4. The molecule has 1 aliphatic rings. The first-order chi connectivity index (χ1) is 13.6.